The lowest BCUT2D eigenvalue weighted by molar-refractivity contribution is -0.146. The summed E-state index contributed by atoms with van der Waals surface area (Å²) in [5, 5.41) is 5.92. The normalized spacial score (nSPS) is 18.1. The summed E-state index contributed by atoms with van der Waals surface area (Å²) in [6, 6.07) is 10.7. The van der Waals surface area contributed by atoms with Crippen LogP contribution < -0.4 is 16.4 Å². The van der Waals surface area contributed by atoms with Gasteiger partial charge in [-0.2, -0.15) is 0 Å². The molecule has 4 N–H and O–H groups in total. The number of nitrogens with one attached hydrogen (secondary N) is 2. The number of likely N-dealkylation sites (tertiary alicyclic amines) is 1. The van der Waals surface area contributed by atoms with Crippen molar-refractivity contribution in [2.45, 2.75) is 97.1 Å². The van der Waals surface area contributed by atoms with Gasteiger partial charge in [-0.3, -0.25) is 24.2 Å². The second-order valence-electron chi connectivity index (χ2n) is 13.8. The number of amides is 4. The van der Waals surface area contributed by atoms with Crippen LogP contribution in [0.2, 0.25) is 0 Å². The zero-order valence-corrected chi connectivity index (χ0v) is 31.1. The highest BCUT2D eigenvalue weighted by atomic mass is 16.5. The molecule has 0 spiro atoms. The van der Waals surface area contributed by atoms with E-state index in [1.165, 1.54) is 0 Å². The number of methoxy groups -OCH3 is 2. The van der Waals surface area contributed by atoms with Crippen molar-refractivity contribution in [1.82, 2.24) is 25.4 Å². The Morgan fingerprint density at radius 2 is 1.74 bits per heavy atom. The smallest absolute Gasteiger partial charge is 0.251 e. The van der Waals surface area contributed by atoms with Gasteiger partial charge in [-0.05, 0) is 61.1 Å². The highest BCUT2D eigenvalue weighted by molar-refractivity contribution is 5.98. The van der Waals surface area contributed by atoms with Crippen LogP contribution in [0.15, 0.2) is 48.7 Å². The summed E-state index contributed by atoms with van der Waals surface area (Å²) in [5.41, 5.74) is 7.63. The fourth-order valence-electron chi connectivity index (χ4n) is 6.92. The SMILES string of the molecule is CC[C@H](C)[C@@H]([C@H](CC(=O)N1CCC[C@H]1[C@H](OC)[C@@H](C)C(=O)NCCc1ccccn1)OC)N(C)C(=O)[C@@H](NC(=O)c1ccc(N)cc1)C(C)C. The van der Waals surface area contributed by atoms with Crippen molar-refractivity contribution in [3.8, 4) is 0 Å². The molecule has 2 aromatic rings. The first kappa shape index (κ1) is 40.4. The molecule has 0 aliphatic carbocycles. The average molecular weight is 695 g/mol. The standard InChI is InChI=1S/C38H58N6O6/c1-9-25(4)34(43(6)38(48)33(24(2)3)42-37(47)27-15-17-28(39)18-16-27)31(49-7)23-32(45)44-22-12-14-30(44)35(50-8)26(5)36(46)41-21-19-29-13-10-11-20-40-29/h10-11,13,15-18,20,24-26,30-31,33-35H,9,12,14,19,21-23,39H2,1-8H3,(H,41,46)(H,42,47)/t25-,26+,30-,31-,33-,34-,35+/m0/s1. The first-order valence-electron chi connectivity index (χ1n) is 17.8. The molecule has 12 heteroatoms. The van der Waals surface area contributed by atoms with E-state index in [-0.39, 0.29) is 47.9 Å². The lowest BCUT2D eigenvalue weighted by Gasteiger charge is -2.40. The Morgan fingerprint density at radius 1 is 1.04 bits per heavy atom. The first-order valence-corrected chi connectivity index (χ1v) is 17.8. The van der Waals surface area contributed by atoms with E-state index in [9.17, 15) is 19.2 Å². The Labute approximate surface area is 297 Å². The summed E-state index contributed by atoms with van der Waals surface area (Å²) in [5.74, 6) is -1.59. The van der Waals surface area contributed by atoms with Crippen molar-refractivity contribution in [3.63, 3.8) is 0 Å². The summed E-state index contributed by atoms with van der Waals surface area (Å²) in [7, 11) is 4.86. The minimum absolute atomic E-state index is 0.0155. The summed E-state index contributed by atoms with van der Waals surface area (Å²) < 4.78 is 11.9. The molecular weight excluding hydrogens is 636 g/mol. The van der Waals surface area contributed by atoms with Gasteiger partial charge in [0.25, 0.3) is 5.91 Å². The third-order valence-electron chi connectivity index (χ3n) is 10.1. The van der Waals surface area contributed by atoms with Crippen LogP contribution in [0.5, 0.6) is 0 Å². The maximum atomic E-state index is 14.1. The number of rotatable bonds is 18. The van der Waals surface area contributed by atoms with Crippen molar-refractivity contribution < 1.29 is 28.7 Å². The van der Waals surface area contributed by atoms with Gasteiger partial charge in [0.2, 0.25) is 17.7 Å². The molecule has 0 radical (unpaired) electrons. The van der Waals surface area contributed by atoms with E-state index in [4.69, 9.17) is 15.2 Å². The van der Waals surface area contributed by atoms with E-state index in [1.807, 2.05) is 57.7 Å². The monoisotopic (exact) mass is 694 g/mol. The number of nitrogen functional groups attached to an aromatic ring is 1. The van der Waals surface area contributed by atoms with Gasteiger partial charge in [0.05, 0.1) is 36.6 Å². The number of anilines is 1. The van der Waals surface area contributed by atoms with E-state index in [0.29, 0.717) is 37.2 Å². The third kappa shape index (κ3) is 10.5. The number of hydrogen-bond donors (Lipinski definition) is 3. The van der Waals surface area contributed by atoms with Gasteiger partial charge in [0.15, 0.2) is 0 Å². The van der Waals surface area contributed by atoms with Crippen molar-refractivity contribution in [1.29, 1.82) is 0 Å². The van der Waals surface area contributed by atoms with Crippen LogP contribution in [0.4, 0.5) is 5.69 Å². The van der Waals surface area contributed by atoms with Gasteiger partial charge in [-0.1, -0.05) is 47.1 Å². The fraction of sp³-hybridized carbons (Fsp3) is 0.605. The number of ether oxygens (including phenoxy) is 2. The zero-order valence-electron chi connectivity index (χ0n) is 31.1. The minimum Gasteiger partial charge on any atom is -0.399 e. The number of carbonyl (C=O) groups is 4. The molecule has 0 unspecified atom stereocenters. The molecule has 7 atom stereocenters. The molecule has 12 nitrogen and oxygen atoms in total. The summed E-state index contributed by atoms with van der Waals surface area (Å²) in [6.45, 7) is 10.7. The quantitative estimate of drug-likeness (QED) is 0.200. The van der Waals surface area contributed by atoms with Crippen LogP contribution in [0.3, 0.4) is 0 Å². The van der Waals surface area contributed by atoms with E-state index in [1.54, 1.807) is 56.6 Å². The lowest BCUT2D eigenvalue weighted by Crippen LogP contribution is -2.57. The minimum atomic E-state index is -0.799. The molecule has 1 saturated heterocycles. The topological polar surface area (TPSA) is 156 Å². The Kier molecular flexibility index (Phi) is 15.7. The van der Waals surface area contributed by atoms with E-state index in [2.05, 4.69) is 15.6 Å². The molecule has 1 aromatic carbocycles. The number of nitrogens with zero attached hydrogens (tertiary/aromatic N) is 3. The third-order valence-corrected chi connectivity index (χ3v) is 10.1. The van der Waals surface area contributed by atoms with Gasteiger partial charge in [0.1, 0.15) is 6.04 Å². The number of carbonyl (C=O) groups excluding carboxylic acids is 4. The Hall–Kier alpha value is -4.03. The number of hydrogen-bond acceptors (Lipinski definition) is 8. The molecule has 1 aliphatic rings. The fourth-order valence-corrected chi connectivity index (χ4v) is 6.92. The number of pyridine rings is 1. The van der Waals surface area contributed by atoms with Crippen LogP contribution >= 0.6 is 0 Å². The highest BCUT2D eigenvalue weighted by Gasteiger charge is 2.42. The summed E-state index contributed by atoms with van der Waals surface area (Å²) >= 11 is 0. The maximum Gasteiger partial charge on any atom is 0.251 e. The van der Waals surface area contributed by atoms with Crippen LogP contribution in [0, 0.1) is 17.8 Å². The van der Waals surface area contributed by atoms with Gasteiger partial charge < -0.3 is 35.6 Å². The zero-order chi connectivity index (χ0) is 37.0. The summed E-state index contributed by atoms with van der Waals surface area (Å²) in [6.07, 6.45) is 3.53. The summed E-state index contributed by atoms with van der Waals surface area (Å²) in [4.78, 5) is 62.2. The van der Waals surface area contributed by atoms with Crippen molar-refractivity contribution in [3.05, 3.63) is 59.9 Å². The maximum absolute atomic E-state index is 14.1. The number of nitrogens with two attached hydrogens (primary N) is 1. The average Bonchev–Trinajstić information content (AvgIpc) is 3.60. The second-order valence-corrected chi connectivity index (χ2v) is 13.8. The molecule has 50 heavy (non-hydrogen) atoms. The van der Waals surface area contributed by atoms with Gasteiger partial charge in [0, 0.05) is 63.9 Å². The Bertz CT molecular complexity index is 1390. The largest absolute Gasteiger partial charge is 0.399 e. The number of aromatic nitrogens is 1. The van der Waals surface area contributed by atoms with Gasteiger partial charge in [-0.25, -0.2) is 0 Å². The lowest BCUT2D eigenvalue weighted by atomic mass is 9.89. The first-order chi connectivity index (χ1) is 23.8. The van der Waals surface area contributed by atoms with Crippen molar-refractivity contribution in [2.75, 3.05) is 40.1 Å². The number of benzene rings is 1. The highest BCUT2D eigenvalue weighted by Crippen LogP contribution is 2.29. The number of likely N-dealkylation sites (N-methyl/N-ethyl adjacent to an activating group) is 1. The molecule has 3 rings (SSSR count). The molecule has 2 heterocycles. The predicted molar refractivity (Wildman–Crippen MR) is 194 cm³/mol. The van der Waals surface area contributed by atoms with Crippen molar-refractivity contribution in [2.24, 2.45) is 17.8 Å². The molecule has 1 aliphatic heterocycles. The predicted octanol–water partition coefficient (Wildman–Crippen LogP) is 3.70. The molecule has 1 aromatic heterocycles. The Morgan fingerprint density at radius 3 is 2.32 bits per heavy atom. The van der Waals surface area contributed by atoms with Crippen molar-refractivity contribution >= 4 is 29.3 Å². The molecule has 276 valence electrons. The second kappa shape index (κ2) is 19.4. The van der Waals surface area contributed by atoms with Gasteiger partial charge >= 0.3 is 0 Å². The molecular formula is C38H58N6O6. The van der Waals surface area contributed by atoms with Gasteiger partial charge in [-0.15, -0.1) is 0 Å². The van der Waals surface area contributed by atoms with Crippen LogP contribution in [-0.2, 0) is 30.3 Å². The van der Waals surface area contributed by atoms with Crippen LogP contribution in [0.1, 0.15) is 76.4 Å². The van der Waals surface area contributed by atoms with E-state index >= 15 is 0 Å². The Balaban J connectivity index is 1.72. The molecule has 4 amide bonds. The van der Waals surface area contributed by atoms with Crippen LogP contribution in [-0.4, -0.2) is 103 Å². The van der Waals surface area contributed by atoms with Crippen LogP contribution in [0.25, 0.3) is 0 Å². The molecule has 1 fully saturated rings. The van der Waals surface area contributed by atoms with E-state index < -0.39 is 30.2 Å². The van der Waals surface area contributed by atoms with E-state index in [0.717, 1.165) is 18.5 Å². The molecule has 0 bridgehead atoms. The molecule has 0 saturated carbocycles.